The second kappa shape index (κ2) is 6.70. The minimum Gasteiger partial charge on any atom is -0.481 e. The number of hydrogen-bond acceptors (Lipinski definition) is 5. The van der Waals surface area contributed by atoms with Gasteiger partial charge in [-0.05, 0) is 26.7 Å². The normalized spacial score (nSPS) is 26.6. The molecule has 0 saturated carbocycles. The summed E-state index contributed by atoms with van der Waals surface area (Å²) < 4.78 is 23.1. The Morgan fingerprint density at radius 3 is 2.58 bits per heavy atom. The number of carbonyl (C=O) groups is 3. The van der Waals surface area contributed by atoms with Gasteiger partial charge in [0.15, 0.2) is 9.84 Å². The minimum atomic E-state index is -3.09. The number of carboxylic acid groups (broad SMARTS) is 1. The topological polar surface area (TPSA) is 121 Å². The van der Waals surface area contributed by atoms with Crippen molar-refractivity contribution in [2.75, 3.05) is 18.1 Å². The number of carbonyl (C=O) groups excluding carboxylic acids is 2. The molecule has 0 aromatic rings. The minimum absolute atomic E-state index is 0.0306. The van der Waals surface area contributed by atoms with Crippen LogP contribution in [-0.4, -0.2) is 65.8 Å². The lowest BCUT2D eigenvalue weighted by Crippen LogP contribution is -2.47. The van der Waals surface area contributed by atoms with Crippen LogP contribution in [0.5, 0.6) is 0 Å². The summed E-state index contributed by atoms with van der Waals surface area (Å²) in [6.45, 7) is 3.71. The maximum atomic E-state index is 12.4. The Kier molecular flexibility index (Phi) is 5.22. The highest BCUT2D eigenvalue weighted by Gasteiger charge is 2.42. The predicted octanol–water partition coefficient (Wildman–Crippen LogP) is -0.218. The molecule has 0 bridgehead atoms. The van der Waals surface area contributed by atoms with Gasteiger partial charge in [-0.2, -0.15) is 0 Å². The largest absolute Gasteiger partial charge is 0.481 e. The van der Waals surface area contributed by atoms with Crippen molar-refractivity contribution in [2.24, 2.45) is 5.92 Å². The molecule has 24 heavy (non-hydrogen) atoms. The molecule has 0 aromatic carbocycles. The van der Waals surface area contributed by atoms with Gasteiger partial charge in [-0.25, -0.2) is 8.42 Å². The summed E-state index contributed by atoms with van der Waals surface area (Å²) in [7, 11) is -3.09. The van der Waals surface area contributed by atoms with Crippen LogP contribution in [0.4, 0.5) is 0 Å². The van der Waals surface area contributed by atoms with Gasteiger partial charge in [-0.15, -0.1) is 0 Å². The van der Waals surface area contributed by atoms with Crippen LogP contribution in [0.1, 0.15) is 39.5 Å². The molecule has 0 radical (unpaired) electrons. The number of amides is 2. The Hall–Kier alpha value is -1.64. The first-order chi connectivity index (χ1) is 11.0. The molecule has 2 heterocycles. The van der Waals surface area contributed by atoms with Gasteiger partial charge in [0, 0.05) is 31.0 Å². The first kappa shape index (κ1) is 18.7. The molecule has 2 fully saturated rings. The van der Waals surface area contributed by atoms with E-state index in [2.05, 4.69) is 5.32 Å². The van der Waals surface area contributed by atoms with Crippen molar-refractivity contribution in [2.45, 2.75) is 51.1 Å². The molecule has 8 nitrogen and oxygen atoms in total. The lowest BCUT2D eigenvalue weighted by atomic mass is 9.96. The SMILES string of the molecule is CC(C)(CCC(=O)O)NC(=O)C1CC(=O)N(C2CCS(=O)(=O)C2)C1. The zero-order valence-electron chi connectivity index (χ0n) is 13.9. The zero-order valence-corrected chi connectivity index (χ0v) is 14.8. The van der Waals surface area contributed by atoms with Gasteiger partial charge in [0.2, 0.25) is 11.8 Å². The molecule has 0 aromatic heterocycles. The number of nitrogens with zero attached hydrogens (tertiary/aromatic N) is 1. The van der Waals surface area contributed by atoms with Crippen molar-refractivity contribution >= 4 is 27.6 Å². The fourth-order valence-corrected chi connectivity index (χ4v) is 4.93. The van der Waals surface area contributed by atoms with E-state index < -0.39 is 27.3 Å². The van der Waals surface area contributed by atoms with E-state index in [1.54, 1.807) is 13.8 Å². The number of likely N-dealkylation sites (tertiary alicyclic amines) is 1. The third-order valence-corrected chi connectivity index (χ3v) is 6.35. The molecular formula is C15H24N2O6S. The number of rotatable bonds is 6. The summed E-state index contributed by atoms with van der Waals surface area (Å²) in [6, 6.07) is -0.333. The van der Waals surface area contributed by atoms with E-state index in [1.165, 1.54) is 4.90 Å². The van der Waals surface area contributed by atoms with Crippen LogP contribution in [0.3, 0.4) is 0 Å². The van der Waals surface area contributed by atoms with Gasteiger partial charge in [0.05, 0.1) is 17.4 Å². The molecule has 9 heteroatoms. The molecule has 2 saturated heterocycles. The smallest absolute Gasteiger partial charge is 0.303 e. The average molecular weight is 360 g/mol. The first-order valence-corrected chi connectivity index (χ1v) is 9.85. The highest BCUT2D eigenvalue weighted by Crippen LogP contribution is 2.27. The fraction of sp³-hybridized carbons (Fsp3) is 0.800. The van der Waals surface area contributed by atoms with Crippen molar-refractivity contribution in [1.82, 2.24) is 10.2 Å². The predicted molar refractivity (Wildman–Crippen MR) is 86.0 cm³/mol. The van der Waals surface area contributed by atoms with E-state index in [4.69, 9.17) is 5.11 Å². The molecule has 2 rings (SSSR count). The first-order valence-electron chi connectivity index (χ1n) is 8.03. The molecule has 2 aliphatic rings. The van der Waals surface area contributed by atoms with Crippen molar-refractivity contribution in [3.8, 4) is 0 Å². The number of hydrogen-bond donors (Lipinski definition) is 2. The summed E-state index contributed by atoms with van der Waals surface area (Å²) in [5.41, 5.74) is -0.678. The highest BCUT2D eigenvalue weighted by molar-refractivity contribution is 7.91. The van der Waals surface area contributed by atoms with Crippen LogP contribution in [0.25, 0.3) is 0 Å². The van der Waals surface area contributed by atoms with Crippen LogP contribution < -0.4 is 5.32 Å². The molecule has 2 N–H and O–H groups in total. The van der Waals surface area contributed by atoms with Crippen LogP contribution in [-0.2, 0) is 24.2 Å². The Balaban J connectivity index is 1.93. The van der Waals surface area contributed by atoms with Gasteiger partial charge in [-0.3, -0.25) is 14.4 Å². The molecule has 0 spiro atoms. The van der Waals surface area contributed by atoms with E-state index in [-0.39, 0.29) is 48.7 Å². The summed E-state index contributed by atoms with van der Waals surface area (Å²) >= 11 is 0. The van der Waals surface area contributed by atoms with E-state index in [1.807, 2.05) is 0 Å². The number of aliphatic carboxylic acids is 1. The van der Waals surface area contributed by atoms with Crippen LogP contribution in [0.2, 0.25) is 0 Å². The summed E-state index contributed by atoms with van der Waals surface area (Å²) in [4.78, 5) is 36.7. The van der Waals surface area contributed by atoms with Crippen LogP contribution >= 0.6 is 0 Å². The van der Waals surface area contributed by atoms with Crippen molar-refractivity contribution < 1.29 is 27.9 Å². The molecule has 2 unspecified atom stereocenters. The maximum Gasteiger partial charge on any atom is 0.303 e. The Labute approximate surface area is 141 Å². The lowest BCUT2D eigenvalue weighted by Gasteiger charge is -2.28. The van der Waals surface area contributed by atoms with E-state index >= 15 is 0 Å². The van der Waals surface area contributed by atoms with Crippen molar-refractivity contribution in [3.63, 3.8) is 0 Å². The average Bonchev–Trinajstić information content (AvgIpc) is 2.99. The van der Waals surface area contributed by atoms with E-state index in [9.17, 15) is 22.8 Å². The molecule has 0 aliphatic carbocycles. The standard InChI is InChI=1S/C15H24N2O6S/c1-15(2,5-3-13(19)20)16-14(21)10-7-12(18)17(8-10)11-4-6-24(22,23)9-11/h10-11H,3-9H2,1-2H3,(H,16,21)(H,19,20). The Bertz CT molecular complexity index is 642. The second-order valence-corrected chi connectivity index (χ2v) is 9.50. The number of nitrogens with one attached hydrogen (secondary N) is 1. The third-order valence-electron chi connectivity index (χ3n) is 4.60. The van der Waals surface area contributed by atoms with Gasteiger partial charge in [-0.1, -0.05) is 0 Å². The van der Waals surface area contributed by atoms with E-state index in [0.717, 1.165) is 0 Å². The van der Waals surface area contributed by atoms with Gasteiger partial charge >= 0.3 is 5.97 Å². The Morgan fingerprint density at radius 1 is 1.38 bits per heavy atom. The summed E-state index contributed by atoms with van der Waals surface area (Å²) in [5, 5.41) is 11.5. The molecule has 2 aliphatic heterocycles. The highest BCUT2D eigenvalue weighted by atomic mass is 32.2. The third kappa shape index (κ3) is 4.68. The van der Waals surface area contributed by atoms with Crippen molar-refractivity contribution in [1.29, 1.82) is 0 Å². The van der Waals surface area contributed by atoms with Gasteiger partial charge in [0.1, 0.15) is 0 Å². The van der Waals surface area contributed by atoms with E-state index in [0.29, 0.717) is 12.8 Å². The molecule has 2 atom stereocenters. The quantitative estimate of drug-likeness (QED) is 0.676. The van der Waals surface area contributed by atoms with Crippen LogP contribution in [0.15, 0.2) is 0 Å². The van der Waals surface area contributed by atoms with Gasteiger partial charge in [0.25, 0.3) is 0 Å². The van der Waals surface area contributed by atoms with Crippen molar-refractivity contribution in [3.05, 3.63) is 0 Å². The van der Waals surface area contributed by atoms with Crippen LogP contribution in [0, 0.1) is 5.92 Å². The monoisotopic (exact) mass is 360 g/mol. The molecule has 136 valence electrons. The Morgan fingerprint density at radius 2 is 2.04 bits per heavy atom. The molecule has 2 amide bonds. The maximum absolute atomic E-state index is 12.4. The lowest BCUT2D eigenvalue weighted by molar-refractivity contribution is -0.138. The number of carboxylic acids is 1. The second-order valence-electron chi connectivity index (χ2n) is 7.27. The van der Waals surface area contributed by atoms with Gasteiger partial charge < -0.3 is 15.3 Å². The zero-order chi connectivity index (χ0) is 18.1. The fourth-order valence-electron chi connectivity index (χ4n) is 3.20. The molecular weight excluding hydrogens is 336 g/mol. The summed E-state index contributed by atoms with van der Waals surface area (Å²) in [6.07, 6.45) is 0.728. The summed E-state index contributed by atoms with van der Waals surface area (Å²) in [5.74, 6) is -1.88. The number of sulfone groups is 1.